The minimum absolute atomic E-state index is 0. The number of methoxy groups -OCH3 is 1. The maximum Gasteiger partial charge on any atom is 0.225 e. The van der Waals surface area contributed by atoms with Gasteiger partial charge in [0.1, 0.15) is 5.75 Å². The number of piperazine rings is 1. The molecule has 1 aromatic carbocycles. The SMILES string of the molecule is CN=C(NCCN1CCN(C(=O)C2CCC2)CC1)N1CCC(c2ccc(OC)cc2)C1.I. The van der Waals surface area contributed by atoms with Crippen molar-refractivity contribution in [2.75, 3.05) is 66.5 Å². The summed E-state index contributed by atoms with van der Waals surface area (Å²) < 4.78 is 5.28. The lowest BCUT2D eigenvalue weighted by molar-refractivity contribution is -0.139. The summed E-state index contributed by atoms with van der Waals surface area (Å²) in [7, 11) is 3.57. The molecule has 0 aromatic heterocycles. The number of amides is 1. The van der Waals surface area contributed by atoms with E-state index in [4.69, 9.17) is 4.74 Å². The molecule has 1 N–H and O–H groups in total. The van der Waals surface area contributed by atoms with E-state index in [1.54, 1.807) is 7.11 Å². The Hall–Kier alpha value is -1.55. The number of hydrogen-bond donors (Lipinski definition) is 1. The van der Waals surface area contributed by atoms with Gasteiger partial charge in [-0.1, -0.05) is 18.6 Å². The molecular formula is C24H38IN5O2. The first-order valence-corrected chi connectivity index (χ1v) is 11.8. The molecule has 3 fully saturated rings. The second-order valence-corrected chi connectivity index (χ2v) is 8.97. The van der Waals surface area contributed by atoms with E-state index in [0.717, 1.165) is 83.3 Å². The van der Waals surface area contributed by atoms with Crippen molar-refractivity contribution in [1.29, 1.82) is 0 Å². The minimum atomic E-state index is 0. The normalized spacial score (nSPS) is 22.3. The van der Waals surface area contributed by atoms with Crippen LogP contribution in [0.15, 0.2) is 29.3 Å². The van der Waals surface area contributed by atoms with Crippen molar-refractivity contribution in [3.8, 4) is 5.75 Å². The van der Waals surface area contributed by atoms with Crippen LogP contribution in [-0.2, 0) is 4.79 Å². The predicted octanol–water partition coefficient (Wildman–Crippen LogP) is 2.62. The summed E-state index contributed by atoms with van der Waals surface area (Å²) in [6, 6.07) is 8.45. The van der Waals surface area contributed by atoms with Gasteiger partial charge in [-0.25, -0.2) is 0 Å². The Morgan fingerprint density at radius 3 is 2.38 bits per heavy atom. The number of rotatable bonds is 6. The molecule has 32 heavy (non-hydrogen) atoms. The van der Waals surface area contributed by atoms with Gasteiger partial charge in [0, 0.05) is 71.2 Å². The number of carbonyl (C=O) groups is 1. The van der Waals surface area contributed by atoms with Crippen molar-refractivity contribution < 1.29 is 9.53 Å². The lowest BCUT2D eigenvalue weighted by Crippen LogP contribution is -2.52. The first kappa shape index (κ1) is 25.1. The highest BCUT2D eigenvalue weighted by Crippen LogP contribution is 2.29. The number of nitrogens with zero attached hydrogens (tertiary/aromatic N) is 4. The molecule has 0 radical (unpaired) electrons. The van der Waals surface area contributed by atoms with E-state index in [2.05, 4.69) is 37.1 Å². The summed E-state index contributed by atoms with van der Waals surface area (Å²) in [6.45, 7) is 7.59. The minimum Gasteiger partial charge on any atom is -0.497 e. The standard InChI is InChI=1S/C24H37N5O2.HI/c1-25-24(29-12-10-21(18-29)19-6-8-22(31-2)9-7-19)26-11-13-27-14-16-28(17-15-27)23(30)20-4-3-5-20;/h6-9,20-21H,3-5,10-18H2,1-2H3,(H,25,26);1H. The van der Waals surface area contributed by atoms with E-state index in [-0.39, 0.29) is 24.0 Å². The van der Waals surface area contributed by atoms with E-state index in [1.165, 1.54) is 12.0 Å². The lowest BCUT2D eigenvalue weighted by Gasteiger charge is -2.38. The number of carbonyl (C=O) groups excluding carboxylic acids is 1. The number of benzene rings is 1. The van der Waals surface area contributed by atoms with E-state index in [0.29, 0.717) is 17.7 Å². The topological polar surface area (TPSA) is 60.4 Å². The number of likely N-dealkylation sites (tertiary alicyclic amines) is 1. The molecule has 2 saturated heterocycles. The first-order valence-electron chi connectivity index (χ1n) is 11.8. The van der Waals surface area contributed by atoms with Crippen molar-refractivity contribution in [1.82, 2.24) is 20.0 Å². The molecule has 2 heterocycles. The average Bonchev–Trinajstić information content (AvgIpc) is 3.26. The van der Waals surface area contributed by atoms with Crippen LogP contribution in [0, 0.1) is 5.92 Å². The summed E-state index contributed by atoms with van der Waals surface area (Å²) in [5.41, 5.74) is 1.37. The molecule has 1 atom stereocenters. The summed E-state index contributed by atoms with van der Waals surface area (Å²) in [6.07, 6.45) is 4.56. The van der Waals surface area contributed by atoms with Crippen molar-refractivity contribution in [2.45, 2.75) is 31.6 Å². The quantitative estimate of drug-likeness (QED) is 0.333. The third kappa shape index (κ3) is 6.07. The molecule has 4 rings (SSSR count). The molecule has 0 spiro atoms. The molecular weight excluding hydrogens is 517 g/mol. The van der Waals surface area contributed by atoms with E-state index in [1.807, 2.05) is 19.2 Å². The van der Waals surface area contributed by atoms with Gasteiger partial charge in [-0.2, -0.15) is 0 Å². The Balaban J connectivity index is 0.00000289. The Kier molecular flexibility index (Phi) is 9.46. The predicted molar refractivity (Wildman–Crippen MR) is 139 cm³/mol. The highest BCUT2D eigenvalue weighted by molar-refractivity contribution is 14.0. The van der Waals surface area contributed by atoms with Crippen LogP contribution in [0.5, 0.6) is 5.75 Å². The highest BCUT2D eigenvalue weighted by atomic mass is 127. The Morgan fingerprint density at radius 1 is 1.06 bits per heavy atom. The van der Waals surface area contributed by atoms with Crippen LogP contribution in [0.1, 0.15) is 37.2 Å². The van der Waals surface area contributed by atoms with Gasteiger partial charge in [0.25, 0.3) is 0 Å². The molecule has 0 bridgehead atoms. The Morgan fingerprint density at radius 2 is 1.78 bits per heavy atom. The van der Waals surface area contributed by atoms with Gasteiger partial charge in [-0.05, 0) is 37.0 Å². The maximum atomic E-state index is 12.4. The second kappa shape index (κ2) is 12.1. The summed E-state index contributed by atoms with van der Waals surface area (Å²) in [4.78, 5) is 23.8. The van der Waals surface area contributed by atoms with Crippen LogP contribution in [0.2, 0.25) is 0 Å². The van der Waals surface area contributed by atoms with E-state index >= 15 is 0 Å². The zero-order valence-electron chi connectivity index (χ0n) is 19.5. The van der Waals surface area contributed by atoms with Crippen molar-refractivity contribution in [3.63, 3.8) is 0 Å². The van der Waals surface area contributed by atoms with Crippen LogP contribution < -0.4 is 10.1 Å². The van der Waals surface area contributed by atoms with Crippen molar-refractivity contribution in [3.05, 3.63) is 29.8 Å². The molecule has 1 unspecified atom stereocenters. The second-order valence-electron chi connectivity index (χ2n) is 8.97. The third-order valence-electron chi connectivity index (χ3n) is 7.14. The molecule has 1 saturated carbocycles. The van der Waals surface area contributed by atoms with Crippen LogP contribution in [0.4, 0.5) is 0 Å². The fourth-order valence-electron chi connectivity index (χ4n) is 4.86. The molecule has 178 valence electrons. The smallest absolute Gasteiger partial charge is 0.225 e. The number of guanidine groups is 1. The van der Waals surface area contributed by atoms with Gasteiger partial charge in [0.15, 0.2) is 5.96 Å². The van der Waals surface area contributed by atoms with Gasteiger partial charge in [0.2, 0.25) is 5.91 Å². The fourth-order valence-corrected chi connectivity index (χ4v) is 4.86. The number of nitrogens with one attached hydrogen (secondary N) is 1. The molecule has 1 aliphatic carbocycles. The zero-order chi connectivity index (χ0) is 21.6. The van der Waals surface area contributed by atoms with Crippen LogP contribution >= 0.6 is 24.0 Å². The number of hydrogen-bond acceptors (Lipinski definition) is 4. The largest absolute Gasteiger partial charge is 0.497 e. The number of aliphatic imine (C=N–C) groups is 1. The van der Waals surface area contributed by atoms with E-state index < -0.39 is 0 Å². The molecule has 8 heteroatoms. The van der Waals surface area contributed by atoms with Crippen LogP contribution in [0.25, 0.3) is 0 Å². The molecule has 1 aromatic rings. The van der Waals surface area contributed by atoms with Gasteiger partial charge < -0.3 is 19.9 Å². The number of ether oxygens (including phenoxy) is 1. The summed E-state index contributed by atoms with van der Waals surface area (Å²) in [5.74, 6) is 3.15. The fraction of sp³-hybridized carbons (Fsp3) is 0.667. The summed E-state index contributed by atoms with van der Waals surface area (Å²) in [5, 5.41) is 3.55. The molecule has 2 aliphatic heterocycles. The van der Waals surface area contributed by atoms with Gasteiger partial charge >= 0.3 is 0 Å². The van der Waals surface area contributed by atoms with E-state index in [9.17, 15) is 4.79 Å². The van der Waals surface area contributed by atoms with Crippen molar-refractivity contribution >= 4 is 35.8 Å². The molecule has 3 aliphatic rings. The Labute approximate surface area is 209 Å². The lowest BCUT2D eigenvalue weighted by atomic mass is 9.84. The van der Waals surface area contributed by atoms with Crippen LogP contribution in [0.3, 0.4) is 0 Å². The van der Waals surface area contributed by atoms with Gasteiger partial charge in [0.05, 0.1) is 7.11 Å². The monoisotopic (exact) mass is 555 g/mol. The third-order valence-corrected chi connectivity index (χ3v) is 7.14. The molecule has 1 amide bonds. The molecule has 7 nitrogen and oxygen atoms in total. The maximum absolute atomic E-state index is 12.4. The Bertz CT molecular complexity index is 760. The average molecular weight is 556 g/mol. The zero-order valence-corrected chi connectivity index (χ0v) is 21.8. The van der Waals surface area contributed by atoms with Crippen LogP contribution in [-0.4, -0.2) is 93.1 Å². The summed E-state index contributed by atoms with van der Waals surface area (Å²) >= 11 is 0. The van der Waals surface area contributed by atoms with Gasteiger partial charge in [-0.3, -0.25) is 14.7 Å². The van der Waals surface area contributed by atoms with Crippen molar-refractivity contribution in [2.24, 2.45) is 10.9 Å². The highest BCUT2D eigenvalue weighted by Gasteiger charge is 2.31. The first-order chi connectivity index (χ1) is 15.2. The number of halogens is 1. The van der Waals surface area contributed by atoms with Gasteiger partial charge in [-0.15, -0.1) is 24.0 Å².